The minimum absolute atomic E-state index is 0.0833. The number of hydrogen-bond donors (Lipinski definition) is 1. The number of aryl methyl sites for hydroxylation is 3. The number of rotatable bonds is 9. The Labute approximate surface area is 187 Å². The van der Waals surface area contributed by atoms with Crippen LogP contribution in [0.2, 0.25) is 0 Å². The highest BCUT2D eigenvalue weighted by atomic mass is 32.2. The molecule has 2 aromatic carbocycles. The van der Waals surface area contributed by atoms with Gasteiger partial charge in [-0.2, -0.15) is 0 Å². The lowest BCUT2D eigenvalue weighted by Gasteiger charge is -2.12. The summed E-state index contributed by atoms with van der Waals surface area (Å²) in [6.45, 7) is 12.7. The Morgan fingerprint density at radius 3 is 2.74 bits per heavy atom. The monoisotopic (exact) mass is 436 g/mol. The molecule has 0 spiro atoms. The van der Waals surface area contributed by atoms with Crippen molar-refractivity contribution >= 4 is 23.4 Å². The van der Waals surface area contributed by atoms with Crippen LogP contribution in [0, 0.1) is 27.7 Å². The van der Waals surface area contributed by atoms with Crippen LogP contribution in [0.25, 0.3) is 0 Å². The number of amides is 1. The van der Waals surface area contributed by atoms with Crippen LogP contribution in [-0.4, -0.2) is 26.4 Å². The van der Waals surface area contributed by atoms with Gasteiger partial charge >= 0.3 is 0 Å². The number of benzene rings is 2. The molecule has 3 aromatic rings. The number of aromatic nitrogens is 3. The van der Waals surface area contributed by atoms with E-state index in [-0.39, 0.29) is 11.7 Å². The standard InChI is InChI=1S/C24H28N4O2S/c1-6-12-28-22(14-30-21-13-16(2)10-11-18(21)4)26-27-24(28)31-15-23(29)25-20-9-7-8-17(3)19(20)5/h6-11,13H,1,12,14-15H2,2-5H3,(H,25,29). The van der Waals surface area contributed by atoms with E-state index in [1.807, 2.05) is 62.6 Å². The summed E-state index contributed by atoms with van der Waals surface area (Å²) in [5, 5.41) is 12.2. The van der Waals surface area contributed by atoms with Crippen molar-refractivity contribution < 1.29 is 9.53 Å². The molecule has 1 aromatic heterocycles. The number of nitrogens with zero attached hydrogens (tertiary/aromatic N) is 3. The predicted molar refractivity (Wildman–Crippen MR) is 126 cm³/mol. The second-order valence-corrected chi connectivity index (χ2v) is 8.38. The number of allylic oxidation sites excluding steroid dienone is 1. The third-order valence-electron chi connectivity index (χ3n) is 5.02. The predicted octanol–water partition coefficient (Wildman–Crippen LogP) is 5.01. The van der Waals surface area contributed by atoms with Gasteiger partial charge in [0.1, 0.15) is 12.4 Å². The molecule has 0 aliphatic rings. The van der Waals surface area contributed by atoms with E-state index >= 15 is 0 Å². The second kappa shape index (κ2) is 10.3. The summed E-state index contributed by atoms with van der Waals surface area (Å²) in [7, 11) is 0. The lowest BCUT2D eigenvalue weighted by Crippen LogP contribution is -2.16. The molecule has 1 N–H and O–H groups in total. The number of carbonyl (C=O) groups excluding carboxylic acids is 1. The molecule has 0 fully saturated rings. The summed E-state index contributed by atoms with van der Waals surface area (Å²) < 4.78 is 7.91. The van der Waals surface area contributed by atoms with Crippen molar-refractivity contribution in [2.45, 2.75) is 46.0 Å². The zero-order valence-corrected chi connectivity index (χ0v) is 19.3. The van der Waals surface area contributed by atoms with Crippen LogP contribution in [0.4, 0.5) is 5.69 Å². The van der Waals surface area contributed by atoms with Gasteiger partial charge < -0.3 is 10.1 Å². The van der Waals surface area contributed by atoms with Crippen molar-refractivity contribution in [1.29, 1.82) is 0 Å². The van der Waals surface area contributed by atoms with Crippen LogP contribution >= 0.6 is 11.8 Å². The van der Waals surface area contributed by atoms with Crippen LogP contribution in [0.15, 0.2) is 54.2 Å². The lowest BCUT2D eigenvalue weighted by atomic mass is 10.1. The summed E-state index contributed by atoms with van der Waals surface area (Å²) in [6, 6.07) is 12.0. The summed E-state index contributed by atoms with van der Waals surface area (Å²) in [5.41, 5.74) is 5.25. The first-order chi connectivity index (χ1) is 14.9. The van der Waals surface area contributed by atoms with E-state index in [0.717, 1.165) is 33.7 Å². The van der Waals surface area contributed by atoms with Crippen molar-refractivity contribution in [2.24, 2.45) is 0 Å². The third kappa shape index (κ3) is 5.76. The molecule has 0 aliphatic heterocycles. The van der Waals surface area contributed by atoms with Crippen LogP contribution in [-0.2, 0) is 17.9 Å². The maximum atomic E-state index is 12.5. The molecule has 0 atom stereocenters. The van der Waals surface area contributed by atoms with Gasteiger partial charge in [-0.15, -0.1) is 16.8 Å². The van der Waals surface area contributed by atoms with Gasteiger partial charge in [0.05, 0.1) is 5.75 Å². The molecule has 1 amide bonds. The van der Waals surface area contributed by atoms with Crippen LogP contribution < -0.4 is 10.1 Å². The first-order valence-corrected chi connectivity index (χ1v) is 11.1. The highest BCUT2D eigenvalue weighted by molar-refractivity contribution is 7.99. The van der Waals surface area contributed by atoms with Gasteiger partial charge in [0.25, 0.3) is 0 Å². The molecule has 0 unspecified atom stereocenters. The molecule has 31 heavy (non-hydrogen) atoms. The van der Waals surface area contributed by atoms with E-state index in [9.17, 15) is 4.79 Å². The highest BCUT2D eigenvalue weighted by Crippen LogP contribution is 2.23. The lowest BCUT2D eigenvalue weighted by molar-refractivity contribution is -0.113. The number of thioether (sulfide) groups is 1. The average molecular weight is 437 g/mol. The molecule has 1 heterocycles. The fourth-order valence-electron chi connectivity index (χ4n) is 3.05. The maximum Gasteiger partial charge on any atom is 0.234 e. The summed E-state index contributed by atoms with van der Waals surface area (Å²) in [6.07, 6.45) is 1.78. The smallest absolute Gasteiger partial charge is 0.234 e. The van der Waals surface area contributed by atoms with E-state index in [2.05, 4.69) is 28.2 Å². The molecule has 6 nitrogen and oxygen atoms in total. The Kier molecular flexibility index (Phi) is 7.52. The van der Waals surface area contributed by atoms with E-state index in [1.54, 1.807) is 6.08 Å². The minimum Gasteiger partial charge on any atom is -0.485 e. The summed E-state index contributed by atoms with van der Waals surface area (Å²) in [4.78, 5) is 12.5. The van der Waals surface area contributed by atoms with E-state index in [0.29, 0.717) is 24.1 Å². The Hall–Kier alpha value is -3.06. The van der Waals surface area contributed by atoms with Crippen molar-refractivity contribution in [3.05, 3.63) is 77.1 Å². The molecule has 0 saturated heterocycles. The quantitative estimate of drug-likeness (QED) is 0.377. The number of hydrogen-bond acceptors (Lipinski definition) is 5. The van der Waals surface area contributed by atoms with Crippen LogP contribution in [0.5, 0.6) is 5.75 Å². The SMILES string of the molecule is C=CCn1c(COc2cc(C)ccc2C)nnc1SCC(=O)Nc1cccc(C)c1C. The number of carbonyl (C=O) groups is 1. The first kappa shape index (κ1) is 22.6. The van der Waals surface area contributed by atoms with Crippen molar-refractivity contribution in [2.75, 3.05) is 11.1 Å². The van der Waals surface area contributed by atoms with Gasteiger partial charge in [-0.3, -0.25) is 9.36 Å². The number of nitrogens with one attached hydrogen (secondary N) is 1. The van der Waals surface area contributed by atoms with Crippen LogP contribution in [0.1, 0.15) is 28.1 Å². The fraction of sp³-hybridized carbons (Fsp3) is 0.292. The zero-order valence-electron chi connectivity index (χ0n) is 18.4. The largest absolute Gasteiger partial charge is 0.485 e. The van der Waals surface area contributed by atoms with Gasteiger partial charge in [-0.25, -0.2) is 0 Å². The Morgan fingerprint density at radius 1 is 1.16 bits per heavy atom. The Morgan fingerprint density at radius 2 is 1.97 bits per heavy atom. The normalized spacial score (nSPS) is 10.7. The topological polar surface area (TPSA) is 69.0 Å². The molecule has 0 bridgehead atoms. The molecular weight excluding hydrogens is 408 g/mol. The van der Waals surface area contributed by atoms with Gasteiger partial charge in [-0.1, -0.05) is 42.1 Å². The second-order valence-electron chi connectivity index (χ2n) is 7.44. The average Bonchev–Trinajstić information content (AvgIpc) is 3.12. The Balaban J connectivity index is 1.65. The van der Waals surface area contributed by atoms with Crippen LogP contribution in [0.3, 0.4) is 0 Å². The van der Waals surface area contributed by atoms with E-state index < -0.39 is 0 Å². The van der Waals surface area contributed by atoms with Gasteiger partial charge in [0.15, 0.2) is 11.0 Å². The third-order valence-corrected chi connectivity index (χ3v) is 5.98. The van der Waals surface area contributed by atoms with E-state index in [1.165, 1.54) is 11.8 Å². The van der Waals surface area contributed by atoms with Crippen molar-refractivity contribution in [1.82, 2.24) is 14.8 Å². The molecule has 3 rings (SSSR count). The first-order valence-electron chi connectivity index (χ1n) is 10.1. The Bertz CT molecular complexity index is 1090. The molecule has 162 valence electrons. The zero-order chi connectivity index (χ0) is 22.4. The number of anilines is 1. The summed E-state index contributed by atoms with van der Waals surface area (Å²) in [5.74, 6) is 1.68. The summed E-state index contributed by atoms with van der Waals surface area (Å²) >= 11 is 1.35. The fourth-order valence-corrected chi connectivity index (χ4v) is 3.82. The van der Waals surface area contributed by atoms with Crippen molar-refractivity contribution in [3.8, 4) is 5.75 Å². The maximum absolute atomic E-state index is 12.5. The molecule has 7 heteroatoms. The van der Waals surface area contributed by atoms with Crippen molar-refractivity contribution in [3.63, 3.8) is 0 Å². The van der Waals surface area contributed by atoms with Gasteiger partial charge in [0, 0.05) is 12.2 Å². The van der Waals surface area contributed by atoms with E-state index in [4.69, 9.17) is 4.74 Å². The molecule has 0 saturated carbocycles. The molecule has 0 radical (unpaired) electrons. The highest BCUT2D eigenvalue weighted by Gasteiger charge is 2.15. The van der Waals surface area contributed by atoms with Gasteiger partial charge in [0.2, 0.25) is 5.91 Å². The molecular formula is C24H28N4O2S. The molecule has 0 aliphatic carbocycles. The number of ether oxygens (including phenoxy) is 1. The van der Waals surface area contributed by atoms with Gasteiger partial charge in [-0.05, 0) is 62.1 Å². The minimum atomic E-state index is -0.0833.